The van der Waals surface area contributed by atoms with Crippen LogP contribution >= 0.6 is 0 Å². The van der Waals surface area contributed by atoms with Gasteiger partial charge in [0, 0.05) is 23.3 Å². The Kier molecular flexibility index (Phi) is 7.08. The standard InChI is InChI=1S/C31H48O10/c1-14-10-31(38)18-6-7-28(3)11-17(41-27-26(37)25(36)24(35)15(2)40-27)9-20(33)30(28,5)23(18)19(32)12-29(31,4)22(14)16-8-21(34)39-13-16/h8,14-15,17-20,22-27,32-33,35-38H,6-7,9-13H2,1-5H3/t14-,15?,17+,18?,19?,20?,22?,23?,24?,25?,26?,27+,28?,29?,30?,31?/m1/s1. The van der Waals surface area contributed by atoms with Gasteiger partial charge in [0.1, 0.15) is 24.9 Å². The van der Waals surface area contributed by atoms with Gasteiger partial charge in [0.15, 0.2) is 6.29 Å². The van der Waals surface area contributed by atoms with Gasteiger partial charge in [0.25, 0.3) is 0 Å². The summed E-state index contributed by atoms with van der Waals surface area (Å²) in [5.41, 5.74) is -1.97. The van der Waals surface area contributed by atoms with E-state index in [1.165, 1.54) is 0 Å². The predicted molar refractivity (Wildman–Crippen MR) is 145 cm³/mol. The van der Waals surface area contributed by atoms with E-state index in [1.54, 1.807) is 13.0 Å². The van der Waals surface area contributed by atoms with Crippen LogP contribution in [-0.2, 0) is 19.0 Å². The molecule has 10 heteroatoms. The molecule has 41 heavy (non-hydrogen) atoms. The molecule has 2 heterocycles. The minimum atomic E-state index is -1.42. The Bertz CT molecular complexity index is 1100. The predicted octanol–water partition coefficient (Wildman–Crippen LogP) is 1.03. The van der Waals surface area contributed by atoms with Gasteiger partial charge in [0.05, 0.1) is 30.0 Å². The summed E-state index contributed by atoms with van der Waals surface area (Å²) in [6, 6.07) is 0. The van der Waals surface area contributed by atoms with Crippen molar-refractivity contribution in [1.29, 1.82) is 0 Å². The fraction of sp³-hybridized carbons (Fsp3) is 0.903. The summed E-state index contributed by atoms with van der Waals surface area (Å²) in [5, 5.41) is 67.3. The van der Waals surface area contributed by atoms with Gasteiger partial charge >= 0.3 is 5.97 Å². The number of carbonyl (C=O) groups is 1. The van der Waals surface area contributed by atoms with Gasteiger partial charge in [-0.05, 0) is 73.7 Å². The molecular formula is C31H48O10. The van der Waals surface area contributed by atoms with E-state index in [9.17, 15) is 35.4 Å². The van der Waals surface area contributed by atoms with Crippen molar-refractivity contribution >= 4 is 5.97 Å². The summed E-state index contributed by atoms with van der Waals surface area (Å²) in [4.78, 5) is 11.9. The molecule has 0 bridgehead atoms. The fourth-order valence-electron chi connectivity index (χ4n) is 10.9. The van der Waals surface area contributed by atoms with Crippen molar-refractivity contribution in [2.24, 2.45) is 39.9 Å². The first-order valence-electron chi connectivity index (χ1n) is 15.4. The molecule has 0 aromatic heterocycles. The Morgan fingerprint density at radius 1 is 0.976 bits per heavy atom. The topological polar surface area (TPSA) is 166 Å². The summed E-state index contributed by atoms with van der Waals surface area (Å²) in [6.45, 7) is 10.2. The largest absolute Gasteiger partial charge is 0.458 e. The molecule has 4 aliphatic carbocycles. The van der Waals surface area contributed by atoms with Crippen LogP contribution in [0.4, 0.5) is 0 Å². The average molecular weight is 581 g/mol. The summed E-state index contributed by atoms with van der Waals surface area (Å²) >= 11 is 0. The molecule has 0 radical (unpaired) electrons. The van der Waals surface area contributed by atoms with Gasteiger partial charge in [-0.15, -0.1) is 0 Å². The third kappa shape index (κ3) is 4.01. The van der Waals surface area contributed by atoms with Crippen LogP contribution in [0.2, 0.25) is 0 Å². The second-order valence-corrected chi connectivity index (χ2v) is 15.0. The zero-order valence-corrected chi connectivity index (χ0v) is 24.8. The van der Waals surface area contributed by atoms with Crippen LogP contribution in [0, 0.1) is 39.9 Å². The maximum atomic E-state index is 12.6. The molecule has 6 rings (SSSR count). The smallest absolute Gasteiger partial charge is 0.331 e. The van der Waals surface area contributed by atoms with E-state index in [1.807, 2.05) is 0 Å². The first-order chi connectivity index (χ1) is 19.1. The van der Waals surface area contributed by atoms with Crippen molar-refractivity contribution in [3.8, 4) is 0 Å². The molecule has 0 aromatic rings. The van der Waals surface area contributed by atoms with E-state index in [0.29, 0.717) is 32.1 Å². The zero-order valence-electron chi connectivity index (χ0n) is 24.8. The van der Waals surface area contributed by atoms with Crippen LogP contribution in [0.25, 0.3) is 0 Å². The molecule has 13 unspecified atom stereocenters. The van der Waals surface area contributed by atoms with Crippen molar-refractivity contribution in [1.82, 2.24) is 0 Å². The molecule has 2 aliphatic heterocycles. The van der Waals surface area contributed by atoms with Crippen LogP contribution in [0.15, 0.2) is 11.6 Å². The lowest BCUT2D eigenvalue weighted by atomic mass is 9.38. The van der Waals surface area contributed by atoms with E-state index in [0.717, 1.165) is 5.57 Å². The zero-order chi connectivity index (χ0) is 29.9. The molecule has 232 valence electrons. The van der Waals surface area contributed by atoms with Crippen molar-refractivity contribution in [3.05, 3.63) is 11.6 Å². The SMILES string of the molecule is CC1O[C@@H](O[C@H]2CC(O)C3(C)C4C(O)CC5(C)C(C6=CC(=O)OC6)[C@H](C)CC5(O)C4CCC3(C)C2)C(O)C(O)C1O. The Morgan fingerprint density at radius 2 is 1.68 bits per heavy atom. The third-order valence-corrected chi connectivity index (χ3v) is 13.0. The summed E-state index contributed by atoms with van der Waals surface area (Å²) in [5.74, 6) is -0.901. The van der Waals surface area contributed by atoms with E-state index < -0.39 is 70.9 Å². The fourth-order valence-corrected chi connectivity index (χ4v) is 10.9. The lowest BCUT2D eigenvalue weighted by Crippen LogP contribution is -2.71. The van der Waals surface area contributed by atoms with Crippen molar-refractivity contribution < 1.29 is 49.6 Å². The number of rotatable bonds is 3. The second kappa shape index (κ2) is 9.69. The lowest BCUT2D eigenvalue weighted by molar-refractivity contribution is -0.325. The minimum Gasteiger partial charge on any atom is -0.458 e. The van der Waals surface area contributed by atoms with Gasteiger partial charge in [-0.3, -0.25) is 0 Å². The number of ether oxygens (including phenoxy) is 3. The summed E-state index contributed by atoms with van der Waals surface area (Å²) < 4.78 is 17.1. The summed E-state index contributed by atoms with van der Waals surface area (Å²) in [7, 11) is 0. The van der Waals surface area contributed by atoms with E-state index in [2.05, 4.69) is 27.7 Å². The maximum Gasteiger partial charge on any atom is 0.331 e. The van der Waals surface area contributed by atoms with Gasteiger partial charge in [-0.2, -0.15) is 0 Å². The molecule has 4 saturated carbocycles. The Balaban J connectivity index is 1.27. The average Bonchev–Trinajstić information content (AvgIpc) is 3.39. The first kappa shape index (κ1) is 29.9. The van der Waals surface area contributed by atoms with Crippen LogP contribution in [0.5, 0.6) is 0 Å². The number of cyclic esters (lactones) is 1. The number of carbonyl (C=O) groups excluding carboxylic acids is 1. The molecule has 6 aliphatic rings. The molecule has 1 saturated heterocycles. The van der Waals surface area contributed by atoms with E-state index in [4.69, 9.17) is 14.2 Å². The van der Waals surface area contributed by atoms with E-state index >= 15 is 0 Å². The van der Waals surface area contributed by atoms with Crippen LogP contribution in [0.1, 0.15) is 73.1 Å². The Labute approximate surface area is 241 Å². The van der Waals surface area contributed by atoms with E-state index in [-0.39, 0.29) is 42.7 Å². The van der Waals surface area contributed by atoms with Gasteiger partial charge in [0.2, 0.25) is 0 Å². The summed E-state index contributed by atoms with van der Waals surface area (Å²) in [6.07, 6.45) is -3.30. The third-order valence-electron chi connectivity index (χ3n) is 13.0. The van der Waals surface area contributed by atoms with Gasteiger partial charge in [-0.1, -0.05) is 27.7 Å². The minimum absolute atomic E-state index is 0.0806. The van der Waals surface area contributed by atoms with Crippen molar-refractivity contribution in [2.45, 2.75) is 128 Å². The Morgan fingerprint density at radius 3 is 2.34 bits per heavy atom. The quantitative estimate of drug-likeness (QED) is 0.210. The van der Waals surface area contributed by atoms with Crippen LogP contribution in [-0.4, -0.2) is 97.8 Å². The molecule has 0 spiro atoms. The first-order valence-corrected chi connectivity index (χ1v) is 15.4. The highest BCUT2D eigenvalue weighted by Crippen LogP contribution is 2.73. The highest BCUT2D eigenvalue weighted by molar-refractivity contribution is 5.85. The monoisotopic (exact) mass is 580 g/mol. The molecule has 16 atom stereocenters. The number of aliphatic hydroxyl groups excluding tert-OH is 5. The number of hydrogen-bond donors (Lipinski definition) is 6. The van der Waals surface area contributed by atoms with Crippen molar-refractivity contribution in [2.75, 3.05) is 6.61 Å². The second-order valence-electron chi connectivity index (χ2n) is 15.0. The highest BCUT2D eigenvalue weighted by Gasteiger charge is 2.74. The lowest BCUT2D eigenvalue weighted by Gasteiger charge is -2.69. The Hall–Kier alpha value is -1.11. The molecule has 0 aromatic carbocycles. The molecule has 6 N–H and O–H groups in total. The molecule has 0 amide bonds. The molecular weight excluding hydrogens is 532 g/mol. The van der Waals surface area contributed by atoms with Gasteiger partial charge < -0.3 is 44.8 Å². The highest BCUT2D eigenvalue weighted by atomic mass is 16.7. The molecule has 5 fully saturated rings. The maximum absolute atomic E-state index is 12.6. The molecule has 10 nitrogen and oxygen atoms in total. The number of aliphatic hydroxyl groups is 6. The van der Waals surface area contributed by atoms with Crippen molar-refractivity contribution in [3.63, 3.8) is 0 Å². The van der Waals surface area contributed by atoms with Crippen LogP contribution < -0.4 is 0 Å². The number of fused-ring (bicyclic) bond motifs is 5. The number of esters is 1. The van der Waals surface area contributed by atoms with Gasteiger partial charge in [-0.25, -0.2) is 4.79 Å². The normalized spacial score (nSPS) is 58.7. The number of hydrogen-bond acceptors (Lipinski definition) is 10. The van der Waals surface area contributed by atoms with Crippen LogP contribution in [0.3, 0.4) is 0 Å².